The van der Waals surface area contributed by atoms with E-state index in [1.165, 1.54) is 24.8 Å². The van der Waals surface area contributed by atoms with Crippen molar-refractivity contribution in [3.05, 3.63) is 34.9 Å². The van der Waals surface area contributed by atoms with E-state index >= 15 is 0 Å². The first-order valence-corrected chi connectivity index (χ1v) is 6.13. The lowest BCUT2D eigenvalue weighted by molar-refractivity contribution is 0.242. The second-order valence-corrected chi connectivity index (χ2v) is 5.43. The van der Waals surface area contributed by atoms with Gasteiger partial charge in [0.25, 0.3) is 0 Å². The largest absolute Gasteiger partial charge is 0.324 e. The van der Waals surface area contributed by atoms with E-state index in [-0.39, 0.29) is 5.54 Å². The van der Waals surface area contributed by atoms with Crippen molar-refractivity contribution in [2.75, 3.05) is 0 Å². The number of nitrogens with two attached hydrogens (primary N) is 1. The van der Waals surface area contributed by atoms with Crippen LogP contribution in [-0.2, 0) is 0 Å². The predicted molar refractivity (Wildman–Crippen MR) is 63.1 cm³/mol. The molecule has 80 valence electrons. The number of hydrogen-bond donors (Lipinski definition) is 1. The summed E-state index contributed by atoms with van der Waals surface area (Å²) in [6, 6.07) is 8.13. The fourth-order valence-electron chi connectivity index (χ4n) is 2.85. The first-order valence-electron chi connectivity index (χ1n) is 5.75. The molecule has 0 spiro atoms. The first kappa shape index (κ1) is 9.68. The van der Waals surface area contributed by atoms with Gasteiger partial charge in [-0.1, -0.05) is 36.2 Å². The molecule has 3 rings (SSSR count). The Morgan fingerprint density at radius 2 is 2.00 bits per heavy atom. The monoisotopic (exact) mass is 221 g/mol. The van der Waals surface area contributed by atoms with Gasteiger partial charge in [0.2, 0.25) is 0 Å². The van der Waals surface area contributed by atoms with E-state index in [2.05, 4.69) is 12.1 Å². The van der Waals surface area contributed by atoms with E-state index in [0.29, 0.717) is 5.92 Å². The molecule has 0 aliphatic heterocycles. The number of rotatable bonds is 2. The van der Waals surface area contributed by atoms with E-state index in [0.717, 1.165) is 17.4 Å². The minimum Gasteiger partial charge on any atom is -0.324 e. The van der Waals surface area contributed by atoms with Crippen molar-refractivity contribution >= 4 is 11.6 Å². The Kier molecular flexibility index (Phi) is 2.08. The molecule has 2 heteroatoms. The molecule has 2 fully saturated rings. The van der Waals surface area contributed by atoms with Gasteiger partial charge in [-0.25, -0.2) is 0 Å². The van der Waals surface area contributed by atoms with Gasteiger partial charge in [-0.15, -0.1) is 0 Å². The fraction of sp³-hybridized carbons (Fsp3) is 0.538. The standard InChI is InChI=1S/C13H16ClN/c14-12-7-2-1-6-10(12)11-8-13(11,15)9-4-3-5-9/h1-2,6-7,9,11H,3-5,8,15H2. The molecule has 1 aromatic carbocycles. The Labute approximate surface area is 95.6 Å². The van der Waals surface area contributed by atoms with Crippen LogP contribution in [0.25, 0.3) is 0 Å². The quantitative estimate of drug-likeness (QED) is 0.815. The molecule has 0 aromatic heterocycles. The summed E-state index contributed by atoms with van der Waals surface area (Å²) in [6.07, 6.45) is 5.12. The van der Waals surface area contributed by atoms with Crippen LogP contribution < -0.4 is 5.73 Å². The van der Waals surface area contributed by atoms with Gasteiger partial charge < -0.3 is 5.73 Å². The van der Waals surface area contributed by atoms with Crippen molar-refractivity contribution in [1.82, 2.24) is 0 Å². The summed E-state index contributed by atoms with van der Waals surface area (Å²) in [7, 11) is 0. The average molecular weight is 222 g/mol. The summed E-state index contributed by atoms with van der Waals surface area (Å²) >= 11 is 6.20. The van der Waals surface area contributed by atoms with E-state index in [4.69, 9.17) is 17.3 Å². The third-order valence-electron chi connectivity index (χ3n) is 4.19. The summed E-state index contributed by atoms with van der Waals surface area (Å²) in [6.45, 7) is 0. The fourth-order valence-corrected chi connectivity index (χ4v) is 3.12. The summed E-state index contributed by atoms with van der Waals surface area (Å²) in [5.41, 5.74) is 7.77. The van der Waals surface area contributed by atoms with E-state index in [9.17, 15) is 0 Å². The molecular formula is C13H16ClN. The molecule has 0 radical (unpaired) electrons. The van der Waals surface area contributed by atoms with Crippen molar-refractivity contribution in [1.29, 1.82) is 0 Å². The zero-order valence-electron chi connectivity index (χ0n) is 8.75. The molecular weight excluding hydrogens is 206 g/mol. The molecule has 0 amide bonds. The Morgan fingerprint density at radius 1 is 1.27 bits per heavy atom. The Bertz CT molecular complexity index is 386. The second kappa shape index (κ2) is 3.23. The summed E-state index contributed by atoms with van der Waals surface area (Å²) in [5, 5.41) is 0.883. The van der Waals surface area contributed by atoms with Gasteiger partial charge in [0.15, 0.2) is 0 Å². The maximum absolute atomic E-state index is 6.44. The zero-order chi connectivity index (χ0) is 10.5. The molecule has 0 bridgehead atoms. The maximum Gasteiger partial charge on any atom is 0.0441 e. The van der Waals surface area contributed by atoms with Crippen LogP contribution in [-0.4, -0.2) is 5.54 Å². The Balaban J connectivity index is 1.84. The van der Waals surface area contributed by atoms with Gasteiger partial charge in [-0.05, 0) is 36.8 Å². The minimum absolute atomic E-state index is 0.0727. The molecule has 1 nitrogen and oxygen atoms in total. The molecule has 0 saturated heterocycles. The highest BCUT2D eigenvalue weighted by Gasteiger charge is 2.58. The van der Waals surface area contributed by atoms with Crippen LogP contribution in [0.2, 0.25) is 5.02 Å². The average Bonchev–Trinajstić information content (AvgIpc) is 2.75. The van der Waals surface area contributed by atoms with Crippen molar-refractivity contribution in [3.63, 3.8) is 0 Å². The van der Waals surface area contributed by atoms with Crippen LogP contribution >= 0.6 is 11.6 Å². The van der Waals surface area contributed by atoms with Crippen molar-refractivity contribution < 1.29 is 0 Å². The summed E-state index contributed by atoms with van der Waals surface area (Å²) in [5.74, 6) is 1.26. The van der Waals surface area contributed by atoms with Crippen molar-refractivity contribution in [2.45, 2.75) is 37.1 Å². The maximum atomic E-state index is 6.44. The third kappa shape index (κ3) is 1.41. The van der Waals surface area contributed by atoms with Crippen LogP contribution in [0.5, 0.6) is 0 Å². The highest BCUT2D eigenvalue weighted by atomic mass is 35.5. The van der Waals surface area contributed by atoms with Crippen molar-refractivity contribution in [2.24, 2.45) is 11.7 Å². The van der Waals surface area contributed by atoms with Gasteiger partial charge >= 0.3 is 0 Å². The number of halogens is 1. The van der Waals surface area contributed by atoms with Gasteiger partial charge in [0.05, 0.1) is 0 Å². The molecule has 2 aliphatic rings. The normalized spacial score (nSPS) is 34.9. The van der Waals surface area contributed by atoms with Crippen molar-refractivity contribution in [3.8, 4) is 0 Å². The lowest BCUT2D eigenvalue weighted by Gasteiger charge is -2.32. The Morgan fingerprint density at radius 3 is 2.60 bits per heavy atom. The molecule has 2 N–H and O–H groups in total. The molecule has 1 aromatic rings. The summed E-state index contributed by atoms with van der Waals surface area (Å²) < 4.78 is 0. The zero-order valence-corrected chi connectivity index (χ0v) is 9.50. The SMILES string of the molecule is NC1(C2CCC2)CC1c1ccccc1Cl. The van der Waals surface area contributed by atoms with Crippen LogP contribution in [0.15, 0.2) is 24.3 Å². The topological polar surface area (TPSA) is 26.0 Å². The highest BCUT2D eigenvalue weighted by Crippen LogP contribution is 2.59. The molecule has 2 aliphatic carbocycles. The molecule has 15 heavy (non-hydrogen) atoms. The highest BCUT2D eigenvalue weighted by molar-refractivity contribution is 6.31. The van der Waals surface area contributed by atoms with Crippen LogP contribution in [0.1, 0.15) is 37.2 Å². The van der Waals surface area contributed by atoms with Gasteiger partial charge in [-0.3, -0.25) is 0 Å². The summed E-state index contributed by atoms with van der Waals surface area (Å²) in [4.78, 5) is 0. The van der Waals surface area contributed by atoms with Crippen LogP contribution in [0, 0.1) is 5.92 Å². The number of benzene rings is 1. The van der Waals surface area contributed by atoms with Gasteiger partial charge in [0.1, 0.15) is 0 Å². The van der Waals surface area contributed by atoms with Gasteiger partial charge in [0, 0.05) is 16.5 Å². The molecule has 2 atom stereocenters. The van der Waals surface area contributed by atoms with Crippen LogP contribution in [0.4, 0.5) is 0 Å². The lowest BCUT2D eigenvalue weighted by atomic mass is 9.77. The third-order valence-corrected chi connectivity index (χ3v) is 4.54. The lowest BCUT2D eigenvalue weighted by Crippen LogP contribution is -2.38. The molecule has 2 unspecified atom stereocenters. The van der Waals surface area contributed by atoms with Gasteiger partial charge in [-0.2, -0.15) is 0 Å². The van der Waals surface area contributed by atoms with E-state index < -0.39 is 0 Å². The molecule has 0 heterocycles. The van der Waals surface area contributed by atoms with Crippen LogP contribution in [0.3, 0.4) is 0 Å². The second-order valence-electron chi connectivity index (χ2n) is 5.02. The number of hydrogen-bond acceptors (Lipinski definition) is 1. The Hall–Kier alpha value is -0.530. The smallest absolute Gasteiger partial charge is 0.0441 e. The molecule has 2 saturated carbocycles. The first-order chi connectivity index (χ1) is 7.22. The predicted octanol–water partition coefficient (Wildman–Crippen LogP) is 3.32. The van der Waals surface area contributed by atoms with E-state index in [1.807, 2.05) is 12.1 Å². The van der Waals surface area contributed by atoms with E-state index in [1.54, 1.807) is 0 Å². The minimum atomic E-state index is 0.0727.